The molecule has 0 bridgehead atoms. The van der Waals surface area contributed by atoms with E-state index in [0.29, 0.717) is 18.4 Å². The van der Waals surface area contributed by atoms with Crippen molar-refractivity contribution in [2.45, 2.75) is 83.5 Å². The zero-order valence-corrected chi connectivity index (χ0v) is 21.2. The molecule has 0 aliphatic carbocycles. The van der Waals surface area contributed by atoms with E-state index >= 15 is 0 Å². The Morgan fingerprint density at radius 1 is 1.21 bits per heavy atom. The fourth-order valence-electron chi connectivity index (χ4n) is 4.21. The fourth-order valence-corrected chi connectivity index (χ4v) is 5.64. The highest BCUT2D eigenvalue weighted by molar-refractivity contribution is 6.74. The van der Waals surface area contributed by atoms with Gasteiger partial charge >= 0.3 is 5.97 Å². The molecule has 0 N–H and O–H groups in total. The lowest BCUT2D eigenvalue weighted by molar-refractivity contribution is -0.384. The lowest BCUT2D eigenvalue weighted by Gasteiger charge is -2.52. The number of non-ortho nitro benzene ring substituents is 1. The van der Waals surface area contributed by atoms with E-state index in [1.807, 2.05) is 19.1 Å². The van der Waals surface area contributed by atoms with Crippen LogP contribution >= 0.6 is 0 Å². The SMILES string of the molecule is C[C@@H](O[Si](C)(C)C(C)(C)C)[C@H]1C(=O)N2C(C(=O)OCc3ccc([N+](=O)[O-])cc3)CC=CC[C@H]12. The van der Waals surface area contributed by atoms with Crippen LogP contribution in [0.4, 0.5) is 5.69 Å². The predicted molar refractivity (Wildman–Crippen MR) is 127 cm³/mol. The minimum Gasteiger partial charge on any atom is -0.459 e. The average Bonchev–Trinajstić information content (AvgIpc) is 2.90. The third-order valence-corrected chi connectivity index (χ3v) is 11.7. The van der Waals surface area contributed by atoms with E-state index in [1.54, 1.807) is 17.0 Å². The van der Waals surface area contributed by atoms with Crippen LogP contribution in [0, 0.1) is 16.0 Å². The largest absolute Gasteiger partial charge is 0.459 e. The molecule has 33 heavy (non-hydrogen) atoms. The topological polar surface area (TPSA) is 99.0 Å². The molecule has 1 amide bonds. The van der Waals surface area contributed by atoms with E-state index in [1.165, 1.54) is 12.1 Å². The summed E-state index contributed by atoms with van der Waals surface area (Å²) in [4.78, 5) is 38.0. The number of carbonyl (C=O) groups excluding carboxylic acids is 2. The molecule has 1 aromatic carbocycles. The second kappa shape index (κ2) is 9.38. The van der Waals surface area contributed by atoms with Gasteiger partial charge in [0.2, 0.25) is 5.91 Å². The first-order valence-electron chi connectivity index (χ1n) is 11.4. The number of amides is 1. The number of ether oxygens (including phenoxy) is 1. The van der Waals surface area contributed by atoms with Crippen molar-refractivity contribution in [2.75, 3.05) is 0 Å². The molecule has 1 unspecified atom stereocenters. The number of carbonyl (C=O) groups is 2. The molecule has 0 spiro atoms. The van der Waals surface area contributed by atoms with Crippen LogP contribution in [-0.2, 0) is 25.4 Å². The summed E-state index contributed by atoms with van der Waals surface area (Å²) < 4.78 is 12.0. The van der Waals surface area contributed by atoms with Gasteiger partial charge in [0.1, 0.15) is 12.6 Å². The van der Waals surface area contributed by atoms with Gasteiger partial charge in [-0.05, 0) is 55.6 Å². The molecule has 2 aliphatic heterocycles. The summed E-state index contributed by atoms with van der Waals surface area (Å²) in [5, 5.41) is 10.8. The van der Waals surface area contributed by atoms with E-state index in [4.69, 9.17) is 9.16 Å². The maximum atomic E-state index is 13.2. The van der Waals surface area contributed by atoms with Crippen molar-refractivity contribution in [3.63, 3.8) is 0 Å². The number of nitro groups is 1. The third-order valence-electron chi connectivity index (χ3n) is 7.14. The van der Waals surface area contributed by atoms with Crippen LogP contribution in [-0.4, -0.2) is 48.2 Å². The smallest absolute Gasteiger partial charge is 0.329 e. The molecule has 0 saturated carbocycles. The number of hydrogen-bond donors (Lipinski definition) is 0. The number of nitro benzene ring substituents is 1. The summed E-state index contributed by atoms with van der Waals surface area (Å²) in [7, 11) is -2.03. The lowest BCUT2D eigenvalue weighted by atomic mass is 9.80. The quantitative estimate of drug-likeness (QED) is 0.143. The van der Waals surface area contributed by atoms with Gasteiger partial charge in [-0.3, -0.25) is 14.9 Å². The Balaban J connectivity index is 1.65. The normalized spacial score (nSPS) is 23.9. The number of fused-ring (bicyclic) bond motifs is 1. The molecule has 9 heteroatoms. The Bertz CT molecular complexity index is 937. The molecular formula is C24H34N2O6Si. The molecule has 4 atom stereocenters. The van der Waals surface area contributed by atoms with Crippen molar-refractivity contribution in [1.29, 1.82) is 0 Å². The van der Waals surface area contributed by atoms with E-state index in [9.17, 15) is 19.7 Å². The lowest BCUT2D eigenvalue weighted by Crippen LogP contribution is -2.69. The van der Waals surface area contributed by atoms with E-state index in [-0.39, 0.29) is 41.3 Å². The molecule has 1 aromatic rings. The van der Waals surface area contributed by atoms with Crippen molar-refractivity contribution in [3.05, 3.63) is 52.1 Å². The zero-order valence-electron chi connectivity index (χ0n) is 20.2. The van der Waals surface area contributed by atoms with Crippen LogP contribution in [0.15, 0.2) is 36.4 Å². The molecular weight excluding hydrogens is 440 g/mol. The Morgan fingerprint density at radius 3 is 2.39 bits per heavy atom. The minimum atomic E-state index is -2.03. The number of nitrogens with zero attached hydrogens (tertiary/aromatic N) is 2. The molecule has 1 fully saturated rings. The fraction of sp³-hybridized carbons (Fsp3) is 0.583. The number of hydrogen-bond acceptors (Lipinski definition) is 6. The molecule has 3 rings (SSSR count). The van der Waals surface area contributed by atoms with Gasteiger partial charge in [-0.1, -0.05) is 32.9 Å². The highest BCUT2D eigenvalue weighted by Gasteiger charge is 2.55. The van der Waals surface area contributed by atoms with Crippen molar-refractivity contribution in [1.82, 2.24) is 4.90 Å². The molecule has 2 heterocycles. The van der Waals surface area contributed by atoms with Gasteiger partial charge in [0.15, 0.2) is 8.32 Å². The maximum absolute atomic E-state index is 13.2. The Kier molecular flexibility index (Phi) is 7.14. The van der Waals surface area contributed by atoms with Crippen molar-refractivity contribution in [2.24, 2.45) is 5.92 Å². The highest BCUT2D eigenvalue weighted by atomic mass is 28.4. The maximum Gasteiger partial charge on any atom is 0.329 e. The molecule has 0 aromatic heterocycles. The van der Waals surface area contributed by atoms with Gasteiger partial charge < -0.3 is 14.1 Å². The van der Waals surface area contributed by atoms with Crippen molar-refractivity contribution < 1.29 is 23.7 Å². The van der Waals surface area contributed by atoms with Crippen LogP contribution < -0.4 is 0 Å². The summed E-state index contributed by atoms with van der Waals surface area (Å²) in [6.07, 6.45) is 4.83. The second-order valence-electron chi connectivity index (χ2n) is 10.4. The van der Waals surface area contributed by atoms with Gasteiger partial charge in [0, 0.05) is 12.1 Å². The summed E-state index contributed by atoms with van der Waals surface area (Å²) in [5.41, 5.74) is 0.631. The van der Waals surface area contributed by atoms with Crippen LogP contribution in [0.2, 0.25) is 18.1 Å². The second-order valence-corrected chi connectivity index (χ2v) is 15.2. The number of esters is 1. The van der Waals surface area contributed by atoms with Gasteiger partial charge in [0.25, 0.3) is 5.69 Å². The first kappa shape index (κ1) is 25.1. The molecule has 180 valence electrons. The minimum absolute atomic E-state index is 0.00193. The average molecular weight is 475 g/mol. The van der Waals surface area contributed by atoms with Crippen molar-refractivity contribution >= 4 is 25.9 Å². The number of rotatable bonds is 7. The standard InChI is InChI=1S/C24H34N2O6Si/c1-16(32-33(5,6)24(2,3)4)21-19-9-7-8-10-20(25(19)22(21)27)23(28)31-15-17-11-13-18(14-12-17)26(29)30/h7-8,11-14,16,19-21H,9-10,15H2,1-6H3/t16-,19-,20?,21-/m1/s1. The number of benzene rings is 1. The van der Waals surface area contributed by atoms with Gasteiger partial charge in [0.05, 0.1) is 23.0 Å². The summed E-state index contributed by atoms with van der Waals surface area (Å²) in [5.74, 6) is -0.797. The zero-order chi connectivity index (χ0) is 24.6. The first-order valence-corrected chi connectivity index (χ1v) is 14.3. The van der Waals surface area contributed by atoms with Crippen molar-refractivity contribution in [3.8, 4) is 0 Å². The number of β-lactam (4-membered cyclic amide) rings is 1. The summed E-state index contributed by atoms with van der Waals surface area (Å²) in [6, 6.07) is 5.11. The van der Waals surface area contributed by atoms with E-state index < -0.39 is 25.3 Å². The molecule has 2 aliphatic rings. The monoisotopic (exact) mass is 474 g/mol. The van der Waals surface area contributed by atoms with Crippen LogP contribution in [0.5, 0.6) is 0 Å². The van der Waals surface area contributed by atoms with E-state index in [2.05, 4.69) is 33.9 Å². The highest BCUT2D eigenvalue weighted by Crippen LogP contribution is 2.42. The molecule has 8 nitrogen and oxygen atoms in total. The molecule has 1 saturated heterocycles. The van der Waals surface area contributed by atoms with Gasteiger partial charge in [-0.25, -0.2) is 4.79 Å². The summed E-state index contributed by atoms with van der Waals surface area (Å²) in [6.45, 7) is 12.8. The van der Waals surface area contributed by atoms with Crippen LogP contribution in [0.1, 0.15) is 46.1 Å². The Hall–Kier alpha value is -2.52. The van der Waals surface area contributed by atoms with Gasteiger partial charge in [-0.2, -0.15) is 0 Å². The van der Waals surface area contributed by atoms with Crippen LogP contribution in [0.25, 0.3) is 0 Å². The Morgan fingerprint density at radius 2 is 1.82 bits per heavy atom. The summed E-state index contributed by atoms with van der Waals surface area (Å²) >= 11 is 0. The van der Waals surface area contributed by atoms with Crippen LogP contribution in [0.3, 0.4) is 0 Å². The first-order chi connectivity index (χ1) is 15.3. The Labute approximate surface area is 196 Å². The predicted octanol–water partition coefficient (Wildman–Crippen LogP) is 4.59. The van der Waals surface area contributed by atoms with Gasteiger partial charge in [-0.15, -0.1) is 0 Å². The molecule has 0 radical (unpaired) electrons. The van der Waals surface area contributed by atoms with E-state index in [0.717, 1.165) is 0 Å². The third kappa shape index (κ3) is 5.19.